The Labute approximate surface area is 716 Å². The Kier molecular flexibility index (Phi) is 43.0. The fourth-order valence-corrected chi connectivity index (χ4v) is 9.02. The van der Waals surface area contributed by atoms with Gasteiger partial charge in [-0.2, -0.15) is 0 Å². The normalized spacial score (nSPS) is 9.79. The van der Waals surface area contributed by atoms with E-state index in [1.54, 1.807) is 122 Å². The minimum Gasteiger partial charge on any atom is -0.509 e. The van der Waals surface area contributed by atoms with E-state index in [9.17, 15) is 28.8 Å². The van der Waals surface area contributed by atoms with Crippen LogP contribution in [0.1, 0.15) is 127 Å². The van der Waals surface area contributed by atoms with Crippen LogP contribution in [-0.4, -0.2) is 64.4 Å². The number of aliphatic hydroxyl groups excluding tert-OH is 3. The maximum Gasteiger partial charge on any atom is 0.384 e. The molecule has 13 rings (SSSR count). The molecule has 0 aliphatic carbocycles. The molecule has 0 radical (unpaired) electrons. The largest absolute Gasteiger partial charge is 0.509 e. The van der Waals surface area contributed by atoms with Crippen molar-refractivity contribution < 1.29 is 113 Å². The highest BCUT2D eigenvalue weighted by molar-refractivity contribution is 6.06. The van der Waals surface area contributed by atoms with Gasteiger partial charge in [0.25, 0.3) is 5.78 Å². The summed E-state index contributed by atoms with van der Waals surface area (Å²) in [5, 5.41) is 26.0. The second kappa shape index (κ2) is 55.3. The van der Waals surface area contributed by atoms with E-state index >= 15 is 0 Å². The number of hydrogen-bond acceptors (Lipinski definition) is 25. The first-order chi connectivity index (χ1) is 60.0. The van der Waals surface area contributed by atoms with E-state index in [2.05, 4.69) is 60.0 Å². The molecule has 0 fully saturated rings. The van der Waals surface area contributed by atoms with Crippen molar-refractivity contribution in [2.75, 3.05) is 14.2 Å². The van der Waals surface area contributed by atoms with Gasteiger partial charge in [-0.1, -0.05) is 111 Å². The molecule has 25 heteroatoms. The lowest BCUT2D eigenvalue weighted by molar-refractivity contribution is -0.133. The van der Waals surface area contributed by atoms with Crippen molar-refractivity contribution in [3.8, 4) is 76.6 Å². The number of rotatable bonds is 27. The quantitative estimate of drug-likeness (QED) is 0.00706. The molecule has 25 nitrogen and oxygen atoms in total. The zero-order valence-corrected chi connectivity index (χ0v) is 68.4. The minimum atomic E-state index is -0.599. The molecule has 0 amide bonds. The summed E-state index contributed by atoms with van der Waals surface area (Å²) < 4.78 is 78.8. The first-order valence-electron chi connectivity index (χ1n) is 37.3. The van der Waals surface area contributed by atoms with Crippen LogP contribution in [0.2, 0.25) is 0 Å². The Balaban J connectivity index is 0.000000221. The van der Waals surface area contributed by atoms with Crippen LogP contribution in [0.3, 0.4) is 0 Å². The molecule has 13 aromatic rings. The van der Waals surface area contributed by atoms with E-state index in [4.69, 9.17) is 91.2 Å². The monoisotopic (exact) mass is 1680 g/mol. The number of nitrogens with two attached hydrogens (primary N) is 1. The maximum atomic E-state index is 11.2. The summed E-state index contributed by atoms with van der Waals surface area (Å²) in [6.45, 7) is 16.2. The number of benzene rings is 5. The smallest absolute Gasteiger partial charge is 0.384 e. The molecule has 5 N–H and O–H groups in total. The Morgan fingerprint density at radius 3 is 1.02 bits per heavy atom. The van der Waals surface area contributed by atoms with Crippen LogP contribution in [-0.2, 0) is 76.7 Å². The molecule has 0 aliphatic rings. The van der Waals surface area contributed by atoms with Crippen LogP contribution in [0.15, 0.2) is 333 Å². The minimum absolute atomic E-state index is 0.0306. The predicted octanol–water partition coefficient (Wildman–Crippen LogP) is 18.6. The molecule has 0 unspecified atom stereocenters. The summed E-state index contributed by atoms with van der Waals surface area (Å²) >= 11 is 0. The van der Waals surface area contributed by atoms with Gasteiger partial charge in [-0.15, -0.1) is 6.42 Å². The average Bonchev–Trinajstić information content (AvgIpc) is 1.86. The Morgan fingerprint density at radius 1 is 0.395 bits per heavy atom. The molecule has 8 heterocycles. The lowest BCUT2D eigenvalue weighted by atomic mass is 10.3. The van der Waals surface area contributed by atoms with Crippen LogP contribution in [0.25, 0.3) is 12.2 Å². The molecule has 0 spiro atoms. The molecule has 5 aromatic carbocycles. The molecule has 8 aromatic heterocycles. The number of allylic oxidation sites excluding steroid dienone is 3. The third kappa shape index (κ3) is 39.7. The fourth-order valence-electron chi connectivity index (χ4n) is 9.02. The summed E-state index contributed by atoms with van der Waals surface area (Å²) in [6, 6.07) is 74.4. The van der Waals surface area contributed by atoms with Crippen LogP contribution in [0, 0.1) is 47.9 Å². The number of furan rings is 8. The van der Waals surface area contributed by atoms with Crippen molar-refractivity contribution in [1.82, 2.24) is 0 Å². The number of carbonyl (C=O) groups excluding carboxylic acids is 6. The van der Waals surface area contributed by atoms with Gasteiger partial charge in [-0.3, -0.25) is 24.0 Å². The van der Waals surface area contributed by atoms with Crippen molar-refractivity contribution in [3.63, 3.8) is 0 Å². The van der Waals surface area contributed by atoms with Crippen molar-refractivity contribution in [1.29, 1.82) is 0 Å². The Morgan fingerprint density at radius 2 is 0.710 bits per heavy atom. The SMILES string of the molecule is C#CC(=O)c1ccc(COc2ccccc2)o1.C=C(N)/C=C/c1ccc(CO)o1.C=C(O)/C=C/c1ccc(CO)o1.C=CC(=O)c1ccc(COc2ccccc2)o1.CC(=O)C#Cc1ccc(COc2ccccc2)o1.CC(=O)C#Cc1ccc(COc2ccccc2)o1.COC(=O)C#Cc1ccc(COc2ccccc2)o1.COCc1ccc(C(C)=O)o1. The first-order valence-corrected chi connectivity index (χ1v) is 37.3. The molecule has 0 saturated carbocycles. The highest BCUT2D eigenvalue weighted by Gasteiger charge is 2.12. The number of terminal acetylenes is 1. The topological polar surface area (TPSA) is 359 Å². The summed E-state index contributed by atoms with van der Waals surface area (Å²) in [5.41, 5.74) is 5.78. The summed E-state index contributed by atoms with van der Waals surface area (Å²) in [7, 11) is 2.86. The lowest BCUT2D eigenvalue weighted by Gasteiger charge is -2.02. The van der Waals surface area contributed by atoms with Gasteiger partial charge in [-0.05, 0) is 224 Å². The van der Waals surface area contributed by atoms with Crippen LogP contribution in [0.4, 0.5) is 0 Å². The molecule has 0 aliphatic heterocycles. The number of methoxy groups -OCH3 is 2. The third-order valence-corrected chi connectivity index (χ3v) is 14.8. The van der Waals surface area contributed by atoms with E-state index in [1.165, 1.54) is 40.0 Å². The number of ether oxygens (including phenoxy) is 7. The van der Waals surface area contributed by atoms with E-state index < -0.39 is 11.8 Å². The van der Waals surface area contributed by atoms with Crippen molar-refractivity contribution in [2.24, 2.45) is 5.73 Å². The maximum absolute atomic E-state index is 11.2. The van der Waals surface area contributed by atoms with E-state index in [0.29, 0.717) is 119 Å². The van der Waals surface area contributed by atoms with Gasteiger partial charge >= 0.3 is 5.97 Å². The van der Waals surface area contributed by atoms with E-state index in [-0.39, 0.29) is 60.2 Å². The van der Waals surface area contributed by atoms with Gasteiger partial charge in [-0.25, -0.2) is 4.79 Å². The number of Topliss-reactive ketones (excluding diaryl/α,β-unsaturated/α-hetero) is 4. The van der Waals surface area contributed by atoms with Gasteiger partial charge in [0.2, 0.25) is 17.3 Å². The Hall–Kier alpha value is -16.4. The second-order valence-electron chi connectivity index (χ2n) is 24.6. The third-order valence-electron chi connectivity index (χ3n) is 14.8. The van der Waals surface area contributed by atoms with Crippen LogP contribution < -0.4 is 29.4 Å². The summed E-state index contributed by atoms with van der Waals surface area (Å²) in [6.07, 6.45) is 12.5. The molecule has 0 atom stereocenters. The van der Waals surface area contributed by atoms with Gasteiger partial charge in [0.1, 0.15) is 145 Å². The number of carbonyl (C=O) groups is 6. The number of hydrogen-bond donors (Lipinski definition) is 4. The molecule has 0 bridgehead atoms. The van der Waals surface area contributed by atoms with Crippen LogP contribution in [0.5, 0.6) is 28.7 Å². The first kappa shape index (κ1) is 96.4. The molecular weight excluding hydrogens is 1590 g/mol. The summed E-state index contributed by atoms with van der Waals surface area (Å²) in [4.78, 5) is 65.3. The number of para-hydroxylation sites is 5. The van der Waals surface area contributed by atoms with Gasteiger partial charge in [0.05, 0.1) is 7.11 Å². The van der Waals surface area contributed by atoms with E-state index in [0.717, 1.165) is 28.7 Å². The highest BCUT2D eigenvalue weighted by atomic mass is 16.5. The second-order valence-corrected chi connectivity index (χ2v) is 24.6. The highest BCUT2D eigenvalue weighted by Crippen LogP contribution is 2.21. The Bertz CT molecular complexity index is 5600. The van der Waals surface area contributed by atoms with Crippen molar-refractivity contribution in [3.05, 3.63) is 390 Å². The number of esters is 1. The predicted molar refractivity (Wildman–Crippen MR) is 461 cm³/mol. The zero-order valence-electron chi connectivity index (χ0n) is 68.4. The van der Waals surface area contributed by atoms with Gasteiger partial charge in [0, 0.05) is 39.5 Å². The molecule has 634 valence electrons. The number of ketones is 5. The fraction of sp³-hybridized carbons (Fsp3) is 0.131. The number of aliphatic hydroxyl groups is 3. The van der Waals surface area contributed by atoms with E-state index in [1.807, 2.05) is 158 Å². The molecular formula is C99H89NO24. The summed E-state index contributed by atoms with van der Waals surface area (Å²) in [5.74, 6) is 27.4. The average molecular weight is 1680 g/mol. The van der Waals surface area contributed by atoms with Gasteiger partial charge < -0.3 is 89.5 Å². The zero-order chi connectivity index (χ0) is 89.5. The lowest BCUT2D eigenvalue weighted by Crippen LogP contribution is -1.94. The molecule has 0 saturated heterocycles. The van der Waals surface area contributed by atoms with Crippen LogP contribution >= 0.6 is 0 Å². The van der Waals surface area contributed by atoms with Gasteiger partial charge in [0.15, 0.2) is 40.3 Å². The van der Waals surface area contributed by atoms with Crippen molar-refractivity contribution >= 4 is 47.0 Å². The van der Waals surface area contributed by atoms with Crippen molar-refractivity contribution in [2.45, 2.75) is 73.6 Å². The standard InChI is InChI=1S/C15H12O4.2C15H12O3.C14H12O3.C14H10O3.C9H11NO2.C9H10O3.C8H10O3/c1-17-15(16)10-9-13-7-8-14(19-13)11-18-12-5-3-2-4-6-12;2*1-12(16)7-8-14-9-10-15(18-14)11-17-13-5-3-2-4-6-13;2*1-2-13(15)14-9-8-12(17-14)10-16-11-6-4-3-5-7-11;1-7(10)2-3-8-4-5-9(6-11)12-8;1-7(11)2-3-8-4-5-9(6-10)12-8;1-6(9)8-4-3-7(11-8)5-10-2/h2-8H,11H2,1H3;2*2-6,9-10H,11H2,1H3;2-9H,1,10H2;1,3-9H,10H2;2-5,11H,1,6,10H2;2-5,10-11H,1,6H2;3-4H,5H2,1-2H3/b;;;;;2*3-2+;. The molecule has 124 heavy (non-hydrogen) atoms.